The van der Waals surface area contributed by atoms with Gasteiger partial charge in [-0.2, -0.15) is 4.68 Å². The molecule has 4 fully saturated rings. The van der Waals surface area contributed by atoms with Crippen LogP contribution >= 0.6 is 0 Å². The number of hydrogen-bond acceptors (Lipinski definition) is 7. The molecule has 6 rings (SSSR count). The number of sulfonamides is 1. The molecule has 0 bridgehead atoms. The van der Waals surface area contributed by atoms with Gasteiger partial charge in [-0.05, 0) is 69.2 Å². The monoisotopic (exact) mass is 555 g/mol. The molecule has 0 atom stereocenters. The van der Waals surface area contributed by atoms with Gasteiger partial charge in [-0.1, -0.05) is 12.1 Å². The summed E-state index contributed by atoms with van der Waals surface area (Å²) < 4.78 is 26.5. The Morgan fingerprint density at radius 1 is 1.03 bits per heavy atom. The normalized spacial score (nSPS) is 22.5. The van der Waals surface area contributed by atoms with E-state index in [0.29, 0.717) is 13.1 Å². The number of aromatic nitrogens is 2. The largest absolute Gasteiger partial charge is 0.369 e. The minimum atomic E-state index is -3.44. The molecule has 1 aromatic carbocycles. The maximum atomic E-state index is 13.1. The van der Waals surface area contributed by atoms with Crippen LogP contribution in [0, 0.1) is 6.92 Å². The number of amides is 1. The van der Waals surface area contributed by atoms with Crippen molar-refractivity contribution in [2.75, 3.05) is 61.7 Å². The Morgan fingerprint density at radius 3 is 2.46 bits per heavy atom. The quantitative estimate of drug-likeness (QED) is 0.586. The van der Waals surface area contributed by atoms with E-state index < -0.39 is 10.0 Å². The predicted molar refractivity (Wildman–Crippen MR) is 153 cm³/mol. The Labute approximate surface area is 232 Å². The number of aryl methyl sites for hydroxylation is 1. The lowest BCUT2D eigenvalue weighted by atomic mass is 9.84. The third kappa shape index (κ3) is 5.81. The van der Waals surface area contributed by atoms with Crippen LogP contribution in [0.25, 0.3) is 0 Å². The van der Waals surface area contributed by atoms with Crippen molar-refractivity contribution in [1.29, 1.82) is 0 Å². The first-order chi connectivity index (χ1) is 18.7. The minimum absolute atomic E-state index is 0.122. The van der Waals surface area contributed by atoms with Crippen LogP contribution in [0.3, 0.4) is 0 Å². The number of carbonyl (C=O) groups is 1. The van der Waals surface area contributed by atoms with Crippen LogP contribution in [-0.2, 0) is 16.6 Å². The van der Waals surface area contributed by atoms with Gasteiger partial charge in [0.25, 0.3) is 0 Å². The molecule has 4 heterocycles. The molecule has 3 saturated heterocycles. The highest BCUT2D eigenvalue weighted by molar-refractivity contribution is 7.92. The molecule has 2 aromatic rings. The van der Waals surface area contributed by atoms with Crippen LogP contribution in [0.2, 0.25) is 0 Å². The van der Waals surface area contributed by atoms with Gasteiger partial charge >= 0.3 is 6.03 Å². The first-order valence-electron chi connectivity index (χ1n) is 14.4. The number of carbonyl (C=O) groups excluding carboxylic acids is 1. The molecule has 0 unspecified atom stereocenters. The van der Waals surface area contributed by atoms with E-state index in [-0.39, 0.29) is 17.4 Å². The summed E-state index contributed by atoms with van der Waals surface area (Å²) in [5.41, 5.74) is 4.26. The molecule has 212 valence electrons. The number of nitrogens with zero attached hydrogens (tertiary/aromatic N) is 6. The second kappa shape index (κ2) is 10.4. The highest BCUT2D eigenvalue weighted by atomic mass is 32.2. The van der Waals surface area contributed by atoms with Gasteiger partial charge in [-0.3, -0.25) is 14.5 Å². The summed E-state index contributed by atoms with van der Waals surface area (Å²) in [6.07, 6.45) is 9.57. The summed E-state index contributed by atoms with van der Waals surface area (Å²) in [7, 11) is -3.44. The Bertz CT molecular complexity index is 1310. The molecule has 11 heteroatoms. The molecular weight excluding hydrogens is 514 g/mol. The Hall–Kier alpha value is -2.63. The molecule has 4 aliphatic rings. The molecule has 1 saturated carbocycles. The average Bonchev–Trinajstić information content (AvgIpc) is 3.56. The fraction of sp³-hybridized carbons (Fsp3) is 0.643. The van der Waals surface area contributed by atoms with Gasteiger partial charge in [0.05, 0.1) is 6.26 Å². The topological polar surface area (TPSA) is 94.0 Å². The van der Waals surface area contributed by atoms with E-state index in [9.17, 15) is 13.2 Å². The van der Waals surface area contributed by atoms with Crippen molar-refractivity contribution >= 4 is 27.6 Å². The molecule has 1 aliphatic carbocycles. The van der Waals surface area contributed by atoms with Crippen molar-refractivity contribution in [3.8, 4) is 0 Å². The summed E-state index contributed by atoms with van der Waals surface area (Å²) in [5.74, 6) is 0.157. The fourth-order valence-corrected chi connectivity index (χ4v) is 7.31. The van der Waals surface area contributed by atoms with Gasteiger partial charge in [-0.15, -0.1) is 5.10 Å². The zero-order chi connectivity index (χ0) is 27.2. The molecule has 1 aromatic heterocycles. The van der Waals surface area contributed by atoms with Crippen LogP contribution in [0.1, 0.15) is 49.7 Å². The molecule has 3 aliphatic heterocycles. The molecular formula is C28H41N7O3S. The zero-order valence-electron chi connectivity index (χ0n) is 23.2. The molecule has 10 nitrogen and oxygen atoms in total. The summed E-state index contributed by atoms with van der Waals surface area (Å²) in [6, 6.07) is 9.10. The number of anilines is 2. The highest BCUT2D eigenvalue weighted by Gasteiger charge is 2.44. The van der Waals surface area contributed by atoms with E-state index >= 15 is 0 Å². The number of hydrogen-bond donors (Lipinski definition) is 1. The van der Waals surface area contributed by atoms with E-state index in [1.165, 1.54) is 59.4 Å². The lowest BCUT2D eigenvalue weighted by Crippen LogP contribution is -2.53. The van der Waals surface area contributed by atoms with E-state index in [1.807, 2.05) is 4.90 Å². The molecule has 1 amide bonds. The number of rotatable bonds is 6. The first kappa shape index (κ1) is 26.6. The molecule has 0 radical (unpaired) electrons. The van der Waals surface area contributed by atoms with Crippen LogP contribution in [0.5, 0.6) is 0 Å². The Kier molecular flexibility index (Phi) is 7.09. The van der Waals surface area contributed by atoms with Crippen LogP contribution in [0.15, 0.2) is 30.5 Å². The van der Waals surface area contributed by atoms with Crippen molar-refractivity contribution < 1.29 is 13.2 Å². The average molecular weight is 556 g/mol. The van der Waals surface area contributed by atoms with Gasteiger partial charge in [-0.25, -0.2) is 13.2 Å². The van der Waals surface area contributed by atoms with Gasteiger partial charge in [0.1, 0.15) is 0 Å². The maximum absolute atomic E-state index is 13.1. The SMILES string of the molecule is Cc1ccc(CN2CCCC23CCN(C(=O)n2ccc(NS(C)(=O)=O)n2)CC3)c(N2CCN(C3CC3)CC2)c1. The summed E-state index contributed by atoms with van der Waals surface area (Å²) in [6.45, 7) is 10.1. The highest BCUT2D eigenvalue weighted by Crippen LogP contribution is 2.41. The van der Waals surface area contributed by atoms with Gasteiger partial charge in [0.2, 0.25) is 10.0 Å². The summed E-state index contributed by atoms with van der Waals surface area (Å²) >= 11 is 0. The fourth-order valence-electron chi connectivity index (χ4n) is 6.82. The predicted octanol–water partition coefficient (Wildman–Crippen LogP) is 2.95. The maximum Gasteiger partial charge on any atom is 0.344 e. The van der Waals surface area contributed by atoms with Crippen LogP contribution in [0.4, 0.5) is 16.3 Å². The van der Waals surface area contributed by atoms with E-state index in [4.69, 9.17) is 0 Å². The minimum Gasteiger partial charge on any atom is -0.369 e. The van der Waals surface area contributed by atoms with Crippen molar-refractivity contribution in [3.05, 3.63) is 41.6 Å². The van der Waals surface area contributed by atoms with Crippen LogP contribution < -0.4 is 9.62 Å². The van der Waals surface area contributed by atoms with Gasteiger partial charge in [0.15, 0.2) is 5.82 Å². The van der Waals surface area contributed by atoms with E-state index in [1.54, 1.807) is 0 Å². The lowest BCUT2D eigenvalue weighted by Gasteiger charge is -2.45. The number of benzene rings is 1. The van der Waals surface area contributed by atoms with Crippen molar-refractivity contribution in [3.63, 3.8) is 0 Å². The smallest absolute Gasteiger partial charge is 0.344 e. The number of piperidine rings is 1. The lowest BCUT2D eigenvalue weighted by molar-refractivity contribution is 0.0585. The standard InChI is InChI=1S/C28H41N7O3S/c1-22-4-5-23(25(20-22)32-18-16-31(17-19-32)24-6-7-24)21-34-12-3-9-28(34)10-14-33(15-11-28)27(36)35-13-8-26(29-35)30-39(2,37)38/h4-5,8,13,20,24H,3,6-7,9-12,14-19,21H2,1-2H3,(H,29,30). The van der Waals surface area contributed by atoms with Crippen molar-refractivity contribution in [2.24, 2.45) is 0 Å². The molecule has 39 heavy (non-hydrogen) atoms. The Morgan fingerprint density at radius 2 is 1.77 bits per heavy atom. The second-order valence-corrected chi connectivity index (χ2v) is 13.7. The Balaban J connectivity index is 1.11. The van der Waals surface area contributed by atoms with Crippen LogP contribution in [-0.4, -0.2) is 103 Å². The van der Waals surface area contributed by atoms with Crippen molar-refractivity contribution in [1.82, 2.24) is 24.5 Å². The second-order valence-electron chi connectivity index (χ2n) is 11.9. The van der Waals surface area contributed by atoms with E-state index in [2.05, 4.69) is 49.6 Å². The molecule has 1 N–H and O–H groups in total. The third-order valence-electron chi connectivity index (χ3n) is 9.10. The van der Waals surface area contributed by atoms with Gasteiger partial charge in [0, 0.05) is 75.3 Å². The van der Waals surface area contributed by atoms with Crippen molar-refractivity contribution in [2.45, 2.75) is 63.6 Å². The number of likely N-dealkylation sites (tertiary alicyclic amines) is 2. The number of piperazine rings is 1. The first-order valence-corrected chi connectivity index (χ1v) is 16.2. The van der Waals surface area contributed by atoms with E-state index in [0.717, 1.165) is 64.4 Å². The zero-order valence-corrected chi connectivity index (χ0v) is 24.0. The summed E-state index contributed by atoms with van der Waals surface area (Å²) in [5, 5.41) is 4.13. The third-order valence-corrected chi connectivity index (χ3v) is 9.68. The number of nitrogens with one attached hydrogen (secondary N) is 1. The molecule has 1 spiro atoms. The summed E-state index contributed by atoms with van der Waals surface area (Å²) in [4.78, 5) is 22.9. The van der Waals surface area contributed by atoms with Gasteiger partial charge < -0.3 is 9.80 Å².